The lowest BCUT2D eigenvalue weighted by Gasteiger charge is -2.42. The van der Waals surface area contributed by atoms with Crippen LogP contribution >= 0.6 is 0 Å². The van der Waals surface area contributed by atoms with E-state index in [0.717, 1.165) is 8.61 Å². The molecule has 0 aromatic heterocycles. The Hall–Kier alpha value is -2.59. The number of ether oxygens (including phenoxy) is 2. The smallest absolute Gasteiger partial charge is 0.346 e. The molecule has 1 aliphatic heterocycles. The van der Waals surface area contributed by atoms with Crippen LogP contribution in [-0.2, 0) is 21.0 Å². The molecule has 0 saturated carbocycles. The molecule has 2 aromatic carbocycles. The van der Waals surface area contributed by atoms with Gasteiger partial charge in [-0.15, -0.1) is 0 Å². The zero-order valence-corrected chi connectivity index (χ0v) is 18.8. The first-order chi connectivity index (χ1) is 14.1. The van der Waals surface area contributed by atoms with Crippen molar-refractivity contribution in [1.82, 2.24) is 8.61 Å². The van der Waals surface area contributed by atoms with Crippen LogP contribution in [0.1, 0.15) is 13.8 Å². The summed E-state index contributed by atoms with van der Waals surface area (Å²) >= 11 is 0. The number of methoxy groups -OCH3 is 2. The molecule has 30 heavy (non-hydrogen) atoms. The third-order valence-corrected chi connectivity index (χ3v) is 7.77. The molecule has 0 radical (unpaired) electrons. The first kappa shape index (κ1) is 22.1. The van der Waals surface area contributed by atoms with Gasteiger partial charge in [0.15, 0.2) is 11.0 Å². The quantitative estimate of drug-likeness (QED) is 0.669. The highest BCUT2D eigenvalue weighted by molar-refractivity contribution is 7.90. The molecule has 1 saturated heterocycles. The van der Waals surface area contributed by atoms with E-state index in [-0.39, 0.29) is 18.0 Å². The summed E-state index contributed by atoms with van der Waals surface area (Å²) in [5, 5.41) is 0. The molecular weight excluding hydrogens is 428 g/mol. The van der Waals surface area contributed by atoms with Crippen molar-refractivity contribution in [2.75, 3.05) is 27.3 Å². The summed E-state index contributed by atoms with van der Waals surface area (Å²) in [5.74, 6) is 1.09. The molecule has 2 amide bonds. The van der Waals surface area contributed by atoms with Gasteiger partial charge in [0.05, 0.1) is 24.0 Å². The van der Waals surface area contributed by atoms with Crippen LogP contribution in [0.15, 0.2) is 58.3 Å². The summed E-state index contributed by atoms with van der Waals surface area (Å²) in [4.78, 5) is 13.5. The number of hydrogen-bond acceptors (Lipinski definition) is 6. The molecule has 1 aliphatic rings. The fourth-order valence-electron chi connectivity index (χ4n) is 3.10. The Labute approximate surface area is 179 Å². The number of carbonyl (C=O) groups excluding carboxylic acids is 1. The lowest BCUT2D eigenvalue weighted by Crippen LogP contribution is -2.58. The van der Waals surface area contributed by atoms with Crippen molar-refractivity contribution >= 4 is 27.0 Å². The van der Waals surface area contributed by atoms with Gasteiger partial charge in [0.2, 0.25) is 0 Å². The van der Waals surface area contributed by atoms with Crippen molar-refractivity contribution in [2.45, 2.75) is 23.6 Å². The molecular formula is C20H24N2O6S2. The minimum absolute atomic E-state index is 0.0174. The number of benzene rings is 2. The third-order valence-electron chi connectivity index (χ3n) is 4.68. The van der Waals surface area contributed by atoms with Crippen LogP contribution in [-0.4, -0.2) is 54.6 Å². The van der Waals surface area contributed by atoms with Crippen LogP contribution in [0.2, 0.25) is 0 Å². The molecule has 0 spiro atoms. The molecule has 1 fully saturated rings. The predicted molar refractivity (Wildman–Crippen MR) is 112 cm³/mol. The van der Waals surface area contributed by atoms with Crippen molar-refractivity contribution in [3.05, 3.63) is 48.5 Å². The van der Waals surface area contributed by atoms with Gasteiger partial charge in [-0.25, -0.2) is 26.0 Å². The van der Waals surface area contributed by atoms with E-state index < -0.39 is 32.5 Å². The van der Waals surface area contributed by atoms with E-state index in [2.05, 4.69) is 0 Å². The van der Waals surface area contributed by atoms with Gasteiger partial charge in [0.25, 0.3) is 10.0 Å². The van der Waals surface area contributed by atoms with E-state index >= 15 is 0 Å². The Morgan fingerprint density at radius 1 is 0.900 bits per heavy atom. The molecule has 162 valence electrons. The topological polar surface area (TPSA) is 93.2 Å². The van der Waals surface area contributed by atoms with Crippen LogP contribution < -0.4 is 9.47 Å². The lowest BCUT2D eigenvalue weighted by molar-refractivity contribution is 0.142. The number of urea groups is 1. The van der Waals surface area contributed by atoms with Gasteiger partial charge in [-0.05, 0) is 48.5 Å². The number of nitrogens with zero attached hydrogens (tertiary/aromatic N) is 2. The van der Waals surface area contributed by atoms with Crippen molar-refractivity contribution in [3.63, 3.8) is 0 Å². The summed E-state index contributed by atoms with van der Waals surface area (Å²) in [7, 11) is -3.01. The van der Waals surface area contributed by atoms with Gasteiger partial charge < -0.3 is 9.47 Å². The molecule has 3 rings (SSSR count). The Bertz CT molecular complexity index is 1050. The predicted octanol–water partition coefficient (Wildman–Crippen LogP) is 2.88. The van der Waals surface area contributed by atoms with Gasteiger partial charge in [-0.3, -0.25) is 0 Å². The lowest BCUT2D eigenvalue weighted by atomic mass is 9.92. The molecule has 8 nitrogen and oxygen atoms in total. The van der Waals surface area contributed by atoms with E-state index in [0.29, 0.717) is 16.4 Å². The van der Waals surface area contributed by atoms with Gasteiger partial charge in [0.1, 0.15) is 11.5 Å². The molecule has 10 heteroatoms. The molecule has 1 unspecified atom stereocenters. The van der Waals surface area contributed by atoms with E-state index in [1.807, 2.05) is 13.8 Å². The average Bonchev–Trinajstić information content (AvgIpc) is 2.74. The summed E-state index contributed by atoms with van der Waals surface area (Å²) in [5.41, 5.74) is -0.602. The van der Waals surface area contributed by atoms with Gasteiger partial charge in [-0.2, -0.15) is 0 Å². The van der Waals surface area contributed by atoms with Crippen molar-refractivity contribution in [1.29, 1.82) is 0 Å². The standard InChI is InChI=1S/C20H24N2O6S2/c1-20(2)13-21(29(24)17-9-5-15(27-3)6-10-17)19(23)22(14-20)30(25,26)18-11-7-16(28-4)8-12-18/h5-12H,13-14H2,1-4H3. The Kier molecular flexibility index (Phi) is 6.09. The molecule has 2 aromatic rings. The monoisotopic (exact) mass is 452 g/mol. The highest BCUT2D eigenvalue weighted by Gasteiger charge is 2.45. The maximum atomic E-state index is 13.2. The summed E-state index contributed by atoms with van der Waals surface area (Å²) in [6.07, 6.45) is 0. The van der Waals surface area contributed by atoms with Crippen molar-refractivity contribution in [3.8, 4) is 11.5 Å². The van der Waals surface area contributed by atoms with E-state index in [1.54, 1.807) is 24.3 Å². The molecule has 1 atom stereocenters. The summed E-state index contributed by atoms with van der Waals surface area (Å²) in [6, 6.07) is 11.4. The Balaban J connectivity index is 1.95. The van der Waals surface area contributed by atoms with E-state index in [1.165, 1.54) is 38.5 Å². The first-order valence-corrected chi connectivity index (χ1v) is 11.7. The summed E-state index contributed by atoms with van der Waals surface area (Å²) < 4.78 is 51.6. The zero-order valence-electron chi connectivity index (χ0n) is 17.2. The second-order valence-corrected chi connectivity index (χ2v) is 10.9. The Morgan fingerprint density at radius 3 is 1.90 bits per heavy atom. The third kappa shape index (κ3) is 4.29. The van der Waals surface area contributed by atoms with Crippen LogP contribution in [0.25, 0.3) is 0 Å². The Morgan fingerprint density at radius 2 is 1.40 bits per heavy atom. The fourth-order valence-corrected chi connectivity index (χ4v) is 6.04. The van der Waals surface area contributed by atoms with Gasteiger partial charge in [-0.1, -0.05) is 13.8 Å². The van der Waals surface area contributed by atoms with E-state index in [4.69, 9.17) is 9.47 Å². The molecule has 0 bridgehead atoms. The van der Waals surface area contributed by atoms with Gasteiger partial charge >= 0.3 is 6.03 Å². The molecule has 0 aliphatic carbocycles. The van der Waals surface area contributed by atoms with Crippen molar-refractivity contribution < 1.29 is 26.9 Å². The summed E-state index contributed by atoms with van der Waals surface area (Å²) in [6.45, 7) is 3.79. The van der Waals surface area contributed by atoms with Crippen LogP contribution in [0.4, 0.5) is 4.79 Å². The maximum absolute atomic E-state index is 13.2. The fraction of sp³-hybridized carbons (Fsp3) is 0.350. The van der Waals surface area contributed by atoms with Crippen LogP contribution in [0.5, 0.6) is 11.5 Å². The van der Waals surface area contributed by atoms with Gasteiger partial charge in [0, 0.05) is 18.5 Å². The minimum atomic E-state index is -4.13. The minimum Gasteiger partial charge on any atom is -0.497 e. The SMILES string of the molecule is COc1ccc(S(=O)N2CC(C)(C)CN(S(=O)(=O)c3ccc(OC)cc3)C2=O)cc1. The maximum Gasteiger partial charge on any atom is 0.346 e. The van der Waals surface area contributed by atoms with Crippen molar-refractivity contribution in [2.24, 2.45) is 5.41 Å². The second-order valence-electron chi connectivity index (χ2n) is 7.60. The number of sulfonamides is 1. The number of carbonyl (C=O) groups is 1. The highest BCUT2D eigenvalue weighted by atomic mass is 32.2. The largest absolute Gasteiger partial charge is 0.497 e. The molecule has 0 N–H and O–H groups in total. The second kappa shape index (κ2) is 8.27. The normalized spacial score (nSPS) is 17.5. The average molecular weight is 453 g/mol. The first-order valence-electron chi connectivity index (χ1n) is 9.13. The van der Waals surface area contributed by atoms with E-state index in [9.17, 15) is 17.4 Å². The zero-order chi connectivity index (χ0) is 22.1. The molecule has 1 heterocycles. The highest BCUT2D eigenvalue weighted by Crippen LogP contribution is 2.32. The number of amides is 2. The van der Waals surface area contributed by atoms with Crippen LogP contribution in [0, 0.1) is 5.41 Å². The number of hydrogen-bond donors (Lipinski definition) is 0. The van der Waals surface area contributed by atoms with Crippen LogP contribution in [0.3, 0.4) is 0 Å². The number of rotatable bonds is 6.